The van der Waals surface area contributed by atoms with Gasteiger partial charge in [0.2, 0.25) is 5.69 Å². The topological polar surface area (TPSA) is 33.1 Å². The molecule has 2 aromatic heterocycles. The summed E-state index contributed by atoms with van der Waals surface area (Å²) in [7, 11) is 0. The largest absolute Gasteiger partial charge is 2.00 e. The van der Waals surface area contributed by atoms with E-state index in [4.69, 9.17) is 12.5 Å². The predicted molar refractivity (Wildman–Crippen MR) is 333 cm³/mol. The zero-order valence-corrected chi connectivity index (χ0v) is 50.8. The average Bonchev–Trinajstić information content (AvgIpc) is 2.38. The van der Waals surface area contributed by atoms with Crippen LogP contribution in [0.25, 0.3) is 61.0 Å². The molecule has 0 bridgehead atoms. The van der Waals surface area contributed by atoms with E-state index < -0.39 is 17.7 Å². The van der Waals surface area contributed by atoms with E-state index in [-0.39, 0.29) is 67.0 Å². The minimum atomic E-state index is -1.86. The van der Waals surface area contributed by atoms with Crippen LogP contribution in [0.2, 0.25) is 0 Å². The van der Waals surface area contributed by atoms with E-state index in [0.717, 1.165) is 72.1 Å². The van der Waals surface area contributed by atoms with Crippen molar-refractivity contribution in [3.05, 3.63) is 216 Å². The molecule has 0 fully saturated rings. The average molecular weight is 1240 g/mol. The van der Waals surface area contributed by atoms with Crippen LogP contribution in [0.3, 0.4) is 0 Å². The molecular formula is C74H74N4OPt+2. The Morgan fingerprint density at radius 1 is 0.562 bits per heavy atom. The van der Waals surface area contributed by atoms with Gasteiger partial charge in [-0.15, -0.1) is 29.1 Å². The molecule has 6 heteroatoms. The maximum Gasteiger partial charge on any atom is 2.00 e. The molecule has 5 nitrogen and oxygen atoms in total. The smallest absolute Gasteiger partial charge is 0.509 e. The van der Waals surface area contributed by atoms with Crippen molar-refractivity contribution in [1.29, 1.82) is 0 Å². The van der Waals surface area contributed by atoms with Crippen LogP contribution in [0.1, 0.15) is 133 Å². The quantitative estimate of drug-likeness (QED) is 0.101. The maximum atomic E-state index is 9.84. The molecule has 80 heavy (non-hydrogen) atoms. The second-order valence-corrected chi connectivity index (χ2v) is 25.4. The number of nitrogens with zero attached hydrogens (tertiary/aromatic N) is 4. The molecule has 0 atom stereocenters. The maximum absolute atomic E-state index is 9.84. The van der Waals surface area contributed by atoms with Gasteiger partial charge in [-0.25, -0.2) is 4.98 Å². The fourth-order valence-electron chi connectivity index (χ4n) is 10.5. The van der Waals surface area contributed by atoms with E-state index in [1.165, 1.54) is 6.07 Å². The SMILES string of the molecule is [2H]c1cc([2H])c(-c2cccc(-c3cc(C(C)(C)C)cc(C(C)(C)C)c3)c2[N+]2=C=[N+](c3[c-]c(Oc4[c-]c5c(cc4)c4cc(-c6ccccc6)ccc4n5-c4cc(C(C)(C)C)ccn4)cc(C(C)(C)C)c3)c3cccc(C([2H])([2H])C(C)C)c32)c([2H])c1[2H].[Pt+2]. The molecule has 0 saturated carbocycles. The van der Waals surface area contributed by atoms with Crippen molar-refractivity contribution >= 4 is 50.6 Å². The molecule has 1 aliphatic rings. The zero-order chi connectivity index (χ0) is 61.0. The van der Waals surface area contributed by atoms with Crippen LogP contribution in [0.15, 0.2) is 176 Å². The third-order valence-corrected chi connectivity index (χ3v) is 14.9. The Morgan fingerprint density at radius 2 is 1.24 bits per heavy atom. The van der Waals surface area contributed by atoms with Crippen LogP contribution in [-0.4, -0.2) is 15.6 Å². The van der Waals surface area contributed by atoms with Crippen molar-refractivity contribution in [3.8, 4) is 50.7 Å². The van der Waals surface area contributed by atoms with Gasteiger partial charge in [-0.2, -0.15) is 6.07 Å². The normalized spacial score (nSPS) is 14.1. The van der Waals surface area contributed by atoms with Crippen LogP contribution in [-0.2, 0) is 49.1 Å². The Bertz CT molecular complexity index is 4380. The monoisotopic (exact) mass is 1240 g/mol. The molecule has 0 unspecified atom stereocenters. The first kappa shape index (κ1) is 48.5. The summed E-state index contributed by atoms with van der Waals surface area (Å²) < 4.78 is 69.0. The summed E-state index contributed by atoms with van der Waals surface area (Å²) >= 11 is 0. The third-order valence-electron chi connectivity index (χ3n) is 14.9. The van der Waals surface area contributed by atoms with Gasteiger partial charge in [-0.3, -0.25) is 0 Å². The summed E-state index contributed by atoms with van der Waals surface area (Å²) in [5.41, 5.74) is 12.4. The summed E-state index contributed by atoms with van der Waals surface area (Å²) in [4.78, 5) is 4.97. The second kappa shape index (κ2) is 21.2. The minimum absolute atomic E-state index is 0. The fourth-order valence-corrected chi connectivity index (χ4v) is 10.5. The van der Waals surface area contributed by atoms with Gasteiger partial charge in [-0.1, -0.05) is 228 Å². The van der Waals surface area contributed by atoms with Crippen LogP contribution in [0, 0.1) is 18.1 Å². The van der Waals surface area contributed by atoms with Gasteiger partial charge in [0.1, 0.15) is 11.5 Å². The standard InChI is InChI=1S/C74H74N4O.Pt/c1-48(2)37-52-27-21-30-66-69(52)77(70-61(50-25-19-16-20-26-50)28-22-29-62(70)53-38-55(72(6,7)8)41-56(39-53)73(9,10)11)47-76(66)58-42-57(74(12,13)14)43-60(45-58)79-59-32-33-63-64-40-51(49-23-17-15-18-24-49)31-34-65(64)78(67(63)46-59)68-44-54(35-36-75-68)71(3,4)5;/h15-36,38-44,48H,37H2,1-14H3;/q;+2/i16D,19D,25D,26D,37D2;. The molecule has 0 aliphatic carbocycles. The molecule has 404 valence electrons. The fraction of sp³-hybridized carbons (Fsp3) is 0.270. The van der Waals surface area contributed by atoms with Gasteiger partial charge < -0.3 is 9.30 Å². The van der Waals surface area contributed by atoms with Gasteiger partial charge in [0.15, 0.2) is 0 Å². The summed E-state index contributed by atoms with van der Waals surface area (Å²) in [6, 6.07) is 59.2. The number of aromatic nitrogens is 2. The van der Waals surface area contributed by atoms with Crippen LogP contribution in [0.5, 0.6) is 11.5 Å². The predicted octanol–water partition coefficient (Wildman–Crippen LogP) is 19.8. The van der Waals surface area contributed by atoms with Gasteiger partial charge >= 0.3 is 32.8 Å². The number of fused-ring (bicyclic) bond motifs is 4. The Morgan fingerprint density at radius 3 is 1.93 bits per heavy atom. The van der Waals surface area contributed by atoms with Crippen molar-refractivity contribution in [2.45, 2.75) is 125 Å². The molecule has 1 aliphatic heterocycles. The van der Waals surface area contributed by atoms with Crippen molar-refractivity contribution in [3.63, 3.8) is 0 Å². The number of hydrogen-bond acceptors (Lipinski definition) is 2. The van der Waals surface area contributed by atoms with E-state index >= 15 is 0 Å². The Balaban J connectivity index is 0.00000820. The van der Waals surface area contributed by atoms with E-state index in [0.29, 0.717) is 45.4 Å². The molecule has 10 aromatic rings. The van der Waals surface area contributed by atoms with Crippen molar-refractivity contribution in [2.24, 2.45) is 5.92 Å². The minimum Gasteiger partial charge on any atom is -0.509 e. The zero-order valence-electron chi connectivity index (χ0n) is 54.5. The van der Waals surface area contributed by atoms with E-state index in [9.17, 15) is 5.48 Å². The first-order valence-electron chi connectivity index (χ1n) is 30.6. The van der Waals surface area contributed by atoms with E-state index in [1.807, 2.05) is 83.8 Å². The van der Waals surface area contributed by atoms with E-state index in [2.05, 4.69) is 191 Å². The van der Waals surface area contributed by atoms with Crippen molar-refractivity contribution in [2.75, 3.05) is 0 Å². The molecular weight excluding hydrogens is 1160 g/mol. The molecule has 0 amide bonds. The summed E-state index contributed by atoms with van der Waals surface area (Å²) in [6.07, 6.45) is 0.0144. The van der Waals surface area contributed by atoms with Gasteiger partial charge in [0, 0.05) is 37.6 Å². The van der Waals surface area contributed by atoms with Gasteiger partial charge in [0.05, 0.1) is 16.6 Å². The summed E-state index contributed by atoms with van der Waals surface area (Å²) in [5, 5.41) is 2.05. The molecule has 0 spiro atoms. The van der Waals surface area contributed by atoms with Crippen LogP contribution in [0.4, 0.5) is 22.7 Å². The first-order chi connectivity index (χ1) is 39.9. The molecule has 8 aromatic carbocycles. The second-order valence-electron chi connectivity index (χ2n) is 25.4. The number of rotatable bonds is 10. The summed E-state index contributed by atoms with van der Waals surface area (Å²) in [5.74, 6) is 1.22. The third kappa shape index (κ3) is 11.0. The number of para-hydroxylation sites is 2. The summed E-state index contributed by atoms with van der Waals surface area (Å²) in [6.45, 7) is 30.0. The Labute approximate surface area is 498 Å². The molecule has 0 radical (unpaired) electrons. The Kier molecular flexibility index (Phi) is 12.9. The van der Waals surface area contributed by atoms with E-state index in [1.54, 1.807) is 0 Å². The van der Waals surface area contributed by atoms with Crippen molar-refractivity contribution in [1.82, 2.24) is 18.7 Å². The van der Waals surface area contributed by atoms with Gasteiger partial charge in [-0.05, 0) is 113 Å². The number of hydrogen-bond donors (Lipinski definition) is 0. The molecule has 11 rings (SSSR count). The molecule has 3 heterocycles. The van der Waals surface area contributed by atoms with Gasteiger partial charge in [0.25, 0.3) is 5.69 Å². The molecule has 0 N–H and O–H groups in total. The number of benzene rings is 8. The molecule has 0 saturated heterocycles. The van der Waals surface area contributed by atoms with Crippen molar-refractivity contribution < 1.29 is 34.0 Å². The Hall–Kier alpha value is -7.42. The first-order valence-corrected chi connectivity index (χ1v) is 27.6. The van der Waals surface area contributed by atoms with Crippen LogP contribution < -0.4 is 13.9 Å². The van der Waals surface area contributed by atoms with Crippen LogP contribution >= 0.6 is 0 Å². The number of pyridine rings is 1. The number of ether oxygens (including phenoxy) is 1.